The summed E-state index contributed by atoms with van der Waals surface area (Å²) in [4.78, 5) is 9.32. The number of pyridine rings is 1. The minimum atomic E-state index is 0.293. The van der Waals surface area contributed by atoms with Gasteiger partial charge in [0.15, 0.2) is 0 Å². The number of nitrogens with zero attached hydrogens (tertiary/aromatic N) is 2. The van der Waals surface area contributed by atoms with Gasteiger partial charge in [0.05, 0.1) is 12.2 Å². The minimum absolute atomic E-state index is 0.293. The lowest BCUT2D eigenvalue weighted by Gasteiger charge is -2.35. The van der Waals surface area contributed by atoms with E-state index < -0.39 is 0 Å². The molecule has 0 N–H and O–H groups in total. The molecule has 0 aromatic carbocycles. The van der Waals surface area contributed by atoms with Crippen molar-refractivity contribution in [3.05, 3.63) is 30.1 Å². The molecule has 2 fully saturated rings. The van der Waals surface area contributed by atoms with E-state index in [-0.39, 0.29) is 0 Å². The van der Waals surface area contributed by atoms with E-state index in [2.05, 4.69) is 31.8 Å². The Labute approximate surface area is 110 Å². The monoisotopic (exact) mass is 242 g/mol. The van der Waals surface area contributed by atoms with Gasteiger partial charge in [-0.05, 0) is 37.3 Å². The average molecular weight is 242 g/mol. The molecule has 1 unspecified atom stereocenters. The van der Waals surface area contributed by atoms with Crippen LogP contribution in [0.3, 0.4) is 0 Å². The molecule has 2 aliphatic carbocycles. The molecule has 18 heavy (non-hydrogen) atoms. The molecule has 0 spiro atoms. The zero-order valence-corrected chi connectivity index (χ0v) is 11.6. The maximum absolute atomic E-state index is 4.95. The van der Waals surface area contributed by atoms with Crippen LogP contribution in [0.2, 0.25) is 0 Å². The van der Waals surface area contributed by atoms with Gasteiger partial charge < -0.3 is 0 Å². The van der Waals surface area contributed by atoms with E-state index in [4.69, 9.17) is 4.99 Å². The van der Waals surface area contributed by atoms with Crippen molar-refractivity contribution in [2.75, 3.05) is 0 Å². The maximum atomic E-state index is 4.95. The molecule has 2 atom stereocenters. The molecule has 1 aromatic rings. The van der Waals surface area contributed by atoms with Crippen molar-refractivity contribution < 1.29 is 0 Å². The third-order valence-corrected chi connectivity index (χ3v) is 5.07. The molecular formula is C16H22N2. The Morgan fingerprint density at radius 1 is 1.33 bits per heavy atom. The van der Waals surface area contributed by atoms with Gasteiger partial charge in [-0.3, -0.25) is 9.98 Å². The van der Waals surface area contributed by atoms with E-state index in [0.29, 0.717) is 10.8 Å². The van der Waals surface area contributed by atoms with Crippen molar-refractivity contribution in [2.45, 2.75) is 46.6 Å². The first kappa shape index (κ1) is 11.9. The van der Waals surface area contributed by atoms with Crippen LogP contribution in [0.25, 0.3) is 0 Å². The first-order valence-electron chi connectivity index (χ1n) is 6.98. The third kappa shape index (κ3) is 1.70. The Balaban J connectivity index is 1.87. The van der Waals surface area contributed by atoms with Crippen LogP contribution in [0.4, 0.5) is 0 Å². The van der Waals surface area contributed by atoms with Gasteiger partial charge in [0.25, 0.3) is 0 Å². The average Bonchev–Trinajstić information content (AvgIpc) is 2.81. The molecule has 0 saturated heterocycles. The lowest BCUT2D eigenvalue weighted by atomic mass is 9.71. The minimum Gasteiger partial charge on any atom is -0.287 e. The molecular weight excluding hydrogens is 220 g/mol. The van der Waals surface area contributed by atoms with Crippen molar-refractivity contribution in [3.8, 4) is 0 Å². The van der Waals surface area contributed by atoms with Gasteiger partial charge in [-0.25, -0.2) is 0 Å². The SMILES string of the molecule is CC1(C)C(=NCc2ccccn2)[C@]2(C)CCC1C2. The van der Waals surface area contributed by atoms with Crippen LogP contribution in [-0.2, 0) is 6.54 Å². The third-order valence-electron chi connectivity index (χ3n) is 5.07. The highest BCUT2D eigenvalue weighted by Gasteiger charge is 2.56. The van der Waals surface area contributed by atoms with Crippen LogP contribution in [0.5, 0.6) is 0 Å². The Kier molecular flexibility index (Phi) is 2.58. The number of hydrogen-bond acceptors (Lipinski definition) is 2. The molecule has 2 heteroatoms. The molecule has 0 aliphatic heterocycles. The quantitative estimate of drug-likeness (QED) is 0.773. The van der Waals surface area contributed by atoms with Gasteiger partial charge in [-0.2, -0.15) is 0 Å². The lowest BCUT2D eigenvalue weighted by Crippen LogP contribution is -2.35. The van der Waals surface area contributed by atoms with Crippen LogP contribution in [0.1, 0.15) is 45.7 Å². The van der Waals surface area contributed by atoms with E-state index in [1.807, 2.05) is 18.3 Å². The van der Waals surface area contributed by atoms with Crippen molar-refractivity contribution in [3.63, 3.8) is 0 Å². The summed E-state index contributed by atoms with van der Waals surface area (Å²) in [5.74, 6) is 0.838. The first-order valence-corrected chi connectivity index (χ1v) is 6.98. The highest BCUT2D eigenvalue weighted by atomic mass is 14.8. The van der Waals surface area contributed by atoms with Gasteiger partial charge in [0.2, 0.25) is 0 Å². The van der Waals surface area contributed by atoms with Gasteiger partial charge >= 0.3 is 0 Å². The Bertz CT molecular complexity index is 468. The van der Waals surface area contributed by atoms with Crippen molar-refractivity contribution in [1.82, 2.24) is 4.98 Å². The summed E-state index contributed by atoms with van der Waals surface area (Å²) >= 11 is 0. The number of hydrogen-bond donors (Lipinski definition) is 0. The summed E-state index contributed by atoms with van der Waals surface area (Å²) in [6, 6.07) is 6.06. The van der Waals surface area contributed by atoms with E-state index in [9.17, 15) is 0 Å². The molecule has 3 rings (SSSR count). The van der Waals surface area contributed by atoms with Crippen LogP contribution < -0.4 is 0 Å². The van der Waals surface area contributed by atoms with Crippen LogP contribution in [0, 0.1) is 16.7 Å². The number of aromatic nitrogens is 1. The predicted molar refractivity (Wildman–Crippen MR) is 74.6 cm³/mol. The van der Waals surface area contributed by atoms with Gasteiger partial charge in [0.1, 0.15) is 0 Å². The predicted octanol–water partition coefficient (Wildman–Crippen LogP) is 3.87. The molecule has 2 aliphatic rings. The second kappa shape index (κ2) is 3.91. The topological polar surface area (TPSA) is 25.2 Å². The fourth-order valence-electron chi connectivity index (χ4n) is 4.09. The second-order valence-electron chi connectivity index (χ2n) is 6.71. The summed E-state index contributed by atoms with van der Waals surface area (Å²) in [5, 5.41) is 0. The summed E-state index contributed by atoms with van der Waals surface area (Å²) in [5.41, 5.74) is 3.18. The second-order valence-corrected chi connectivity index (χ2v) is 6.71. The summed E-state index contributed by atoms with van der Waals surface area (Å²) in [7, 11) is 0. The fourth-order valence-corrected chi connectivity index (χ4v) is 4.09. The van der Waals surface area contributed by atoms with Crippen molar-refractivity contribution >= 4 is 5.71 Å². The largest absolute Gasteiger partial charge is 0.287 e. The van der Waals surface area contributed by atoms with E-state index in [1.165, 1.54) is 25.0 Å². The zero-order valence-electron chi connectivity index (χ0n) is 11.6. The normalized spacial score (nSPS) is 35.3. The van der Waals surface area contributed by atoms with Crippen molar-refractivity contribution in [1.29, 1.82) is 0 Å². The first-order chi connectivity index (χ1) is 8.52. The Hall–Kier alpha value is -1.18. The summed E-state index contributed by atoms with van der Waals surface area (Å²) < 4.78 is 0. The van der Waals surface area contributed by atoms with Crippen molar-refractivity contribution in [2.24, 2.45) is 21.7 Å². The highest BCUT2D eigenvalue weighted by Crippen LogP contribution is 2.60. The van der Waals surface area contributed by atoms with Gasteiger partial charge in [-0.1, -0.05) is 26.8 Å². The molecule has 0 amide bonds. The van der Waals surface area contributed by atoms with Gasteiger partial charge in [-0.15, -0.1) is 0 Å². The standard InChI is InChI=1S/C16H22N2/c1-15(2)12-7-8-16(3,10-12)14(15)18-11-13-6-4-5-9-17-13/h4-6,9,12H,7-8,10-11H2,1-3H3/t12?,16-/m1/s1. The number of rotatable bonds is 2. The van der Waals surface area contributed by atoms with Gasteiger partial charge in [0, 0.05) is 22.7 Å². The fraction of sp³-hybridized carbons (Fsp3) is 0.625. The van der Waals surface area contributed by atoms with E-state index in [1.54, 1.807) is 0 Å². The summed E-state index contributed by atoms with van der Waals surface area (Å²) in [6.45, 7) is 7.89. The van der Waals surface area contributed by atoms with Crippen LogP contribution in [0.15, 0.2) is 29.4 Å². The Morgan fingerprint density at radius 3 is 2.78 bits per heavy atom. The number of fused-ring (bicyclic) bond motifs is 2. The van der Waals surface area contributed by atoms with E-state index >= 15 is 0 Å². The molecule has 2 saturated carbocycles. The highest BCUT2D eigenvalue weighted by molar-refractivity contribution is 5.97. The molecule has 2 bridgehead atoms. The maximum Gasteiger partial charge on any atom is 0.0811 e. The van der Waals surface area contributed by atoms with Crippen LogP contribution >= 0.6 is 0 Å². The lowest BCUT2D eigenvalue weighted by molar-refractivity contribution is 0.332. The molecule has 1 heterocycles. The summed E-state index contributed by atoms with van der Waals surface area (Å²) in [6.07, 6.45) is 5.89. The smallest absolute Gasteiger partial charge is 0.0811 e. The molecule has 96 valence electrons. The Morgan fingerprint density at radius 2 is 2.17 bits per heavy atom. The number of aliphatic imine (C=N–C) groups is 1. The molecule has 2 nitrogen and oxygen atoms in total. The zero-order chi connectivity index (χ0) is 12.8. The van der Waals surface area contributed by atoms with E-state index in [0.717, 1.165) is 18.2 Å². The molecule has 1 aromatic heterocycles. The van der Waals surface area contributed by atoms with Crippen LogP contribution in [-0.4, -0.2) is 10.7 Å². The molecule has 0 radical (unpaired) electrons.